The minimum absolute atomic E-state index is 0.353. The van der Waals surface area contributed by atoms with Crippen molar-refractivity contribution in [3.63, 3.8) is 0 Å². The van der Waals surface area contributed by atoms with E-state index in [0.717, 1.165) is 5.56 Å². The van der Waals surface area contributed by atoms with Crippen molar-refractivity contribution in [1.29, 1.82) is 0 Å². The second-order valence-corrected chi connectivity index (χ2v) is 3.96. The predicted molar refractivity (Wildman–Crippen MR) is 66.9 cm³/mol. The third-order valence-corrected chi connectivity index (χ3v) is 2.53. The fraction of sp³-hybridized carbons (Fsp3) is 0.167. The quantitative estimate of drug-likeness (QED) is 0.873. The highest BCUT2D eigenvalue weighted by Crippen LogP contribution is 2.16. The maximum Gasteiger partial charge on any atom is 0.222 e. The molecule has 1 unspecified atom stereocenters. The zero-order valence-electron chi connectivity index (χ0n) is 9.05. The number of aromatic nitrogens is 2. The Bertz CT molecular complexity index is 461. The van der Waals surface area contributed by atoms with E-state index in [0.29, 0.717) is 17.5 Å². The Hall–Kier alpha value is -1.65. The Balaban J connectivity index is 1.93. The van der Waals surface area contributed by atoms with Gasteiger partial charge in [0.05, 0.1) is 6.10 Å². The molecule has 88 valence electrons. The summed E-state index contributed by atoms with van der Waals surface area (Å²) in [6, 6.07) is 8.82. The Morgan fingerprint density at radius 1 is 1.18 bits per heavy atom. The Morgan fingerprint density at radius 3 is 2.47 bits per heavy atom. The number of hydrogen-bond acceptors (Lipinski definition) is 4. The molecule has 2 rings (SSSR count). The van der Waals surface area contributed by atoms with Crippen molar-refractivity contribution in [3.05, 3.63) is 53.3 Å². The third kappa shape index (κ3) is 3.41. The second-order valence-electron chi connectivity index (χ2n) is 3.52. The van der Waals surface area contributed by atoms with Crippen molar-refractivity contribution in [3.8, 4) is 0 Å². The normalized spacial score (nSPS) is 12.1. The lowest BCUT2D eigenvalue weighted by atomic mass is 10.1. The standard InChI is InChI=1S/C12H12ClN3O/c13-10-4-2-9(3-5-10)11(17)8-16-12-14-6-1-7-15-12/h1-7,11,17H,8H2,(H,14,15,16). The first-order valence-electron chi connectivity index (χ1n) is 5.20. The van der Waals surface area contributed by atoms with E-state index >= 15 is 0 Å². The molecule has 0 aliphatic carbocycles. The Labute approximate surface area is 104 Å². The highest BCUT2D eigenvalue weighted by molar-refractivity contribution is 6.30. The molecule has 4 nitrogen and oxygen atoms in total. The summed E-state index contributed by atoms with van der Waals surface area (Å²) in [4.78, 5) is 8.01. The topological polar surface area (TPSA) is 58.0 Å². The van der Waals surface area contributed by atoms with Gasteiger partial charge in [0.25, 0.3) is 0 Å². The van der Waals surface area contributed by atoms with Crippen molar-refractivity contribution in [1.82, 2.24) is 9.97 Å². The predicted octanol–water partition coefficient (Wildman–Crippen LogP) is 2.28. The van der Waals surface area contributed by atoms with Gasteiger partial charge in [0.2, 0.25) is 5.95 Å². The zero-order valence-corrected chi connectivity index (χ0v) is 9.80. The molecule has 17 heavy (non-hydrogen) atoms. The molecule has 2 aromatic rings. The summed E-state index contributed by atoms with van der Waals surface area (Å²) in [6.07, 6.45) is 2.67. The zero-order chi connectivity index (χ0) is 12.1. The first kappa shape index (κ1) is 11.8. The van der Waals surface area contributed by atoms with Crippen molar-refractivity contribution in [2.24, 2.45) is 0 Å². The first-order chi connectivity index (χ1) is 8.25. The van der Waals surface area contributed by atoms with Crippen molar-refractivity contribution >= 4 is 17.5 Å². The van der Waals surface area contributed by atoms with E-state index in [2.05, 4.69) is 15.3 Å². The van der Waals surface area contributed by atoms with Crippen LogP contribution in [0.1, 0.15) is 11.7 Å². The van der Waals surface area contributed by atoms with Gasteiger partial charge < -0.3 is 10.4 Å². The lowest BCUT2D eigenvalue weighted by Gasteiger charge is -2.11. The Morgan fingerprint density at radius 2 is 1.82 bits per heavy atom. The van der Waals surface area contributed by atoms with Gasteiger partial charge in [0.15, 0.2) is 0 Å². The summed E-state index contributed by atoms with van der Waals surface area (Å²) in [5.41, 5.74) is 0.804. The van der Waals surface area contributed by atoms with E-state index in [4.69, 9.17) is 11.6 Å². The number of anilines is 1. The van der Waals surface area contributed by atoms with E-state index in [9.17, 15) is 5.11 Å². The van der Waals surface area contributed by atoms with Gasteiger partial charge in [-0.2, -0.15) is 0 Å². The summed E-state index contributed by atoms with van der Waals surface area (Å²) in [6.45, 7) is 0.353. The number of rotatable bonds is 4. The summed E-state index contributed by atoms with van der Waals surface area (Å²) in [5, 5.41) is 13.5. The van der Waals surface area contributed by atoms with Crippen LogP contribution in [0.3, 0.4) is 0 Å². The first-order valence-corrected chi connectivity index (χ1v) is 5.58. The van der Waals surface area contributed by atoms with Gasteiger partial charge >= 0.3 is 0 Å². The van der Waals surface area contributed by atoms with Crippen LogP contribution in [0.2, 0.25) is 5.02 Å². The molecule has 2 N–H and O–H groups in total. The van der Waals surface area contributed by atoms with Crippen molar-refractivity contribution in [2.75, 3.05) is 11.9 Å². The van der Waals surface area contributed by atoms with Crippen LogP contribution in [0.4, 0.5) is 5.95 Å². The van der Waals surface area contributed by atoms with Gasteiger partial charge in [-0.1, -0.05) is 23.7 Å². The van der Waals surface area contributed by atoms with E-state index in [-0.39, 0.29) is 0 Å². The number of nitrogens with zero attached hydrogens (tertiary/aromatic N) is 2. The van der Waals surface area contributed by atoms with E-state index < -0.39 is 6.10 Å². The molecule has 1 atom stereocenters. The van der Waals surface area contributed by atoms with Crippen LogP contribution in [-0.4, -0.2) is 21.6 Å². The van der Waals surface area contributed by atoms with Gasteiger partial charge in [0.1, 0.15) is 0 Å². The molecule has 0 amide bonds. The van der Waals surface area contributed by atoms with Gasteiger partial charge in [-0.15, -0.1) is 0 Å². The van der Waals surface area contributed by atoms with Crippen LogP contribution in [0.5, 0.6) is 0 Å². The molecule has 1 aromatic carbocycles. The van der Waals surface area contributed by atoms with Crippen molar-refractivity contribution in [2.45, 2.75) is 6.10 Å². The van der Waals surface area contributed by atoms with Gasteiger partial charge in [-0.25, -0.2) is 9.97 Å². The SMILES string of the molecule is OC(CNc1ncccn1)c1ccc(Cl)cc1. The molecule has 0 spiro atoms. The van der Waals surface area contributed by atoms with Crippen LogP contribution in [-0.2, 0) is 0 Å². The number of hydrogen-bond donors (Lipinski definition) is 2. The maximum atomic E-state index is 9.91. The van der Waals surface area contributed by atoms with E-state index in [1.807, 2.05) is 0 Å². The molecule has 0 bridgehead atoms. The number of aliphatic hydroxyl groups is 1. The molecule has 0 aliphatic rings. The lowest BCUT2D eigenvalue weighted by molar-refractivity contribution is 0.191. The molecule has 0 radical (unpaired) electrons. The fourth-order valence-corrected chi connectivity index (χ4v) is 1.51. The van der Waals surface area contributed by atoms with Gasteiger partial charge in [0, 0.05) is 24.0 Å². The fourth-order valence-electron chi connectivity index (χ4n) is 1.38. The van der Waals surface area contributed by atoms with Crippen molar-refractivity contribution < 1.29 is 5.11 Å². The molecule has 0 fully saturated rings. The van der Waals surface area contributed by atoms with E-state index in [1.54, 1.807) is 42.7 Å². The number of aliphatic hydroxyl groups excluding tert-OH is 1. The molecule has 1 heterocycles. The number of benzene rings is 1. The van der Waals surface area contributed by atoms with Crippen LogP contribution in [0.15, 0.2) is 42.7 Å². The van der Waals surface area contributed by atoms with E-state index in [1.165, 1.54) is 0 Å². The monoisotopic (exact) mass is 249 g/mol. The highest BCUT2D eigenvalue weighted by Gasteiger charge is 2.07. The lowest BCUT2D eigenvalue weighted by Crippen LogP contribution is -2.13. The molecule has 0 saturated carbocycles. The minimum Gasteiger partial charge on any atom is -0.387 e. The summed E-state index contributed by atoms with van der Waals surface area (Å²) in [5.74, 6) is 0.500. The Kier molecular flexibility index (Phi) is 3.90. The highest BCUT2D eigenvalue weighted by atomic mass is 35.5. The smallest absolute Gasteiger partial charge is 0.222 e. The maximum absolute atomic E-state index is 9.91. The molecule has 1 aromatic heterocycles. The minimum atomic E-state index is -0.615. The molecular formula is C12H12ClN3O. The van der Waals surface area contributed by atoms with Crippen LogP contribution in [0.25, 0.3) is 0 Å². The third-order valence-electron chi connectivity index (χ3n) is 2.27. The van der Waals surface area contributed by atoms with Crippen LogP contribution < -0.4 is 5.32 Å². The molecular weight excluding hydrogens is 238 g/mol. The van der Waals surface area contributed by atoms with Crippen LogP contribution in [0, 0.1) is 0 Å². The molecule has 5 heteroatoms. The van der Waals surface area contributed by atoms with Crippen LogP contribution >= 0.6 is 11.6 Å². The van der Waals surface area contributed by atoms with Gasteiger partial charge in [-0.05, 0) is 23.8 Å². The summed E-state index contributed by atoms with van der Waals surface area (Å²) < 4.78 is 0. The molecule has 0 saturated heterocycles. The second kappa shape index (κ2) is 5.61. The molecule has 0 aliphatic heterocycles. The van der Waals surface area contributed by atoms with Gasteiger partial charge in [-0.3, -0.25) is 0 Å². The summed E-state index contributed by atoms with van der Waals surface area (Å²) in [7, 11) is 0. The summed E-state index contributed by atoms with van der Waals surface area (Å²) >= 11 is 5.77. The largest absolute Gasteiger partial charge is 0.387 e. The number of halogens is 1. The average Bonchev–Trinajstić information content (AvgIpc) is 2.38. The average molecular weight is 250 g/mol. The number of nitrogens with one attached hydrogen (secondary N) is 1.